The molecule has 0 aromatic carbocycles. The van der Waals surface area contributed by atoms with Crippen molar-refractivity contribution in [1.82, 2.24) is 0 Å². The first-order valence-corrected chi connectivity index (χ1v) is 22.8. The van der Waals surface area contributed by atoms with Gasteiger partial charge in [-0.3, -0.25) is 18.6 Å². The van der Waals surface area contributed by atoms with Crippen molar-refractivity contribution in [2.45, 2.75) is 123 Å². The molecular weight excluding hydrogens is 762 g/mol. The van der Waals surface area contributed by atoms with Gasteiger partial charge in [0.25, 0.3) is 0 Å². The molecule has 0 saturated heterocycles. The van der Waals surface area contributed by atoms with Gasteiger partial charge in [0.05, 0.1) is 13.2 Å². The number of phosphoric acid groups is 1. The van der Waals surface area contributed by atoms with Crippen molar-refractivity contribution in [3.05, 3.63) is 146 Å². The number of hydrogen-bond acceptors (Lipinski definition) is 8. The quantitative estimate of drug-likeness (QED) is 0.0356. The number of carbonyl (C=O) groups is 2. The Bertz CT molecular complexity index is 1460. The molecule has 0 amide bonds. The number of nitrogens with two attached hydrogens (primary N) is 1. The first-order valence-electron chi connectivity index (χ1n) is 21.3. The maximum absolute atomic E-state index is 12.5. The Kier molecular flexibility index (Phi) is 40.4. The normalized spacial score (nSPS) is 14.7. The molecule has 0 spiro atoms. The fourth-order valence-corrected chi connectivity index (χ4v) is 5.45. The lowest BCUT2D eigenvalue weighted by molar-refractivity contribution is -0.161. The highest BCUT2D eigenvalue weighted by atomic mass is 31.2. The van der Waals surface area contributed by atoms with Crippen LogP contribution in [0.1, 0.15) is 117 Å². The predicted octanol–water partition coefficient (Wildman–Crippen LogP) is 12.5. The van der Waals surface area contributed by atoms with Gasteiger partial charge in [-0.05, 0) is 89.9 Å². The van der Waals surface area contributed by atoms with Crippen LogP contribution in [0.5, 0.6) is 0 Å². The second-order valence-corrected chi connectivity index (χ2v) is 14.5. The van der Waals surface area contributed by atoms with Gasteiger partial charge in [-0.1, -0.05) is 160 Å². The van der Waals surface area contributed by atoms with Crippen LogP contribution in [0.4, 0.5) is 0 Å². The molecule has 0 rings (SSSR count). The second kappa shape index (κ2) is 43.5. The molecule has 0 aliphatic rings. The highest BCUT2D eigenvalue weighted by Crippen LogP contribution is 2.43. The lowest BCUT2D eigenvalue weighted by Crippen LogP contribution is -2.29. The van der Waals surface area contributed by atoms with Crippen LogP contribution >= 0.6 is 7.82 Å². The van der Waals surface area contributed by atoms with Gasteiger partial charge < -0.3 is 20.1 Å². The van der Waals surface area contributed by atoms with E-state index < -0.39 is 32.5 Å². The zero-order chi connectivity index (χ0) is 43.2. The Morgan fingerprint density at radius 1 is 0.492 bits per heavy atom. The van der Waals surface area contributed by atoms with E-state index in [0.29, 0.717) is 12.8 Å². The molecule has 0 bridgehead atoms. The molecule has 1 unspecified atom stereocenters. The molecule has 328 valence electrons. The summed E-state index contributed by atoms with van der Waals surface area (Å²) in [7, 11) is -4.43. The SMILES string of the molecule is CCC=CCC=CCC=CCC=CCC=CCC=CCCC(=O)OC[C@H](COP(=O)(O)OCCN)OC(=O)CCC=CCC=CCC=CCC=CCC=CCC=CCC. The maximum atomic E-state index is 12.5. The van der Waals surface area contributed by atoms with Crippen molar-refractivity contribution in [1.29, 1.82) is 0 Å². The topological polar surface area (TPSA) is 134 Å². The van der Waals surface area contributed by atoms with Crippen LogP contribution in [0, 0.1) is 0 Å². The van der Waals surface area contributed by atoms with Crippen LogP contribution in [0.25, 0.3) is 0 Å². The molecule has 0 saturated carbocycles. The highest BCUT2D eigenvalue weighted by molar-refractivity contribution is 7.47. The third kappa shape index (κ3) is 43.3. The zero-order valence-corrected chi connectivity index (χ0v) is 36.8. The van der Waals surface area contributed by atoms with E-state index in [9.17, 15) is 19.0 Å². The van der Waals surface area contributed by atoms with Gasteiger partial charge >= 0.3 is 19.8 Å². The largest absolute Gasteiger partial charge is 0.472 e. The summed E-state index contributed by atoms with van der Waals surface area (Å²) in [4.78, 5) is 34.8. The van der Waals surface area contributed by atoms with Crippen molar-refractivity contribution < 1.29 is 37.6 Å². The Hall–Kier alpha value is -4.11. The van der Waals surface area contributed by atoms with Crippen LogP contribution in [-0.4, -0.2) is 49.3 Å². The van der Waals surface area contributed by atoms with Crippen LogP contribution in [0.2, 0.25) is 0 Å². The third-order valence-corrected chi connectivity index (χ3v) is 8.73. The van der Waals surface area contributed by atoms with E-state index >= 15 is 0 Å². The minimum Gasteiger partial charge on any atom is -0.462 e. The standard InChI is InChI=1S/C49H74NO8P/c1-3-5-7-9-11-13-15-17-19-21-23-25-27-29-31-33-35-37-39-41-48(51)55-45-47(46-57-59(53,54)56-44-43-50)58-49(52)42-40-38-36-34-32-30-28-26-24-22-20-18-16-14-12-10-8-6-4-2/h5-8,11-14,17-20,23-26,29-32,35-38,47H,3-4,9-10,15-16,21-22,27-28,33-34,39-46,50H2,1-2H3,(H,53,54)/t47-/m1/s1. The summed E-state index contributed by atoms with van der Waals surface area (Å²) >= 11 is 0. The van der Waals surface area contributed by atoms with E-state index in [1.165, 1.54) is 0 Å². The molecule has 3 N–H and O–H groups in total. The molecule has 2 atom stereocenters. The first kappa shape index (κ1) is 54.9. The summed E-state index contributed by atoms with van der Waals surface area (Å²) in [5.74, 6) is -1.04. The van der Waals surface area contributed by atoms with Gasteiger partial charge in [-0.2, -0.15) is 0 Å². The molecule has 0 aromatic rings. The molecule has 0 heterocycles. The van der Waals surface area contributed by atoms with Crippen LogP contribution in [0.3, 0.4) is 0 Å². The summed E-state index contributed by atoms with van der Waals surface area (Å²) < 4.78 is 32.6. The van der Waals surface area contributed by atoms with Gasteiger partial charge in [0, 0.05) is 19.4 Å². The molecule has 0 fully saturated rings. The number of hydrogen-bond donors (Lipinski definition) is 2. The van der Waals surface area contributed by atoms with Gasteiger partial charge in [0.2, 0.25) is 0 Å². The van der Waals surface area contributed by atoms with E-state index in [-0.39, 0.29) is 32.6 Å². The molecular formula is C49H74NO8P. The van der Waals surface area contributed by atoms with Crippen LogP contribution in [-0.2, 0) is 32.7 Å². The number of carbonyl (C=O) groups excluding carboxylic acids is 2. The minimum absolute atomic E-state index is 0.0231. The van der Waals surface area contributed by atoms with Gasteiger partial charge in [-0.15, -0.1) is 0 Å². The van der Waals surface area contributed by atoms with E-state index in [1.807, 2.05) is 24.3 Å². The van der Waals surface area contributed by atoms with Crippen LogP contribution in [0.15, 0.2) is 146 Å². The van der Waals surface area contributed by atoms with E-state index in [1.54, 1.807) is 0 Å². The number of esters is 2. The van der Waals surface area contributed by atoms with E-state index in [4.69, 9.17) is 24.3 Å². The fourth-order valence-electron chi connectivity index (χ4n) is 4.68. The highest BCUT2D eigenvalue weighted by Gasteiger charge is 2.25. The lowest BCUT2D eigenvalue weighted by atomic mass is 10.2. The smallest absolute Gasteiger partial charge is 0.462 e. The second-order valence-electron chi connectivity index (χ2n) is 13.1. The summed E-state index contributed by atoms with van der Waals surface area (Å²) in [6, 6.07) is 0. The monoisotopic (exact) mass is 836 g/mol. The Morgan fingerprint density at radius 3 is 1.15 bits per heavy atom. The number of allylic oxidation sites excluding steroid dienone is 24. The Balaban J connectivity index is 4.45. The molecule has 9 nitrogen and oxygen atoms in total. The Labute approximate surface area is 356 Å². The number of phosphoric ester groups is 1. The van der Waals surface area contributed by atoms with Gasteiger partial charge in [0.15, 0.2) is 6.10 Å². The van der Waals surface area contributed by atoms with Gasteiger partial charge in [0.1, 0.15) is 6.61 Å². The molecule has 0 aliphatic heterocycles. The summed E-state index contributed by atoms with van der Waals surface area (Å²) in [5.41, 5.74) is 5.34. The predicted molar refractivity (Wildman–Crippen MR) is 247 cm³/mol. The lowest BCUT2D eigenvalue weighted by Gasteiger charge is -2.19. The average Bonchev–Trinajstić information content (AvgIpc) is 3.22. The van der Waals surface area contributed by atoms with Crippen molar-refractivity contribution >= 4 is 19.8 Å². The minimum atomic E-state index is -4.43. The maximum Gasteiger partial charge on any atom is 0.472 e. The number of ether oxygens (including phenoxy) is 2. The van der Waals surface area contributed by atoms with Crippen molar-refractivity contribution in [3.8, 4) is 0 Å². The average molecular weight is 836 g/mol. The molecule has 10 heteroatoms. The van der Waals surface area contributed by atoms with Crippen molar-refractivity contribution in [2.24, 2.45) is 5.73 Å². The van der Waals surface area contributed by atoms with Crippen molar-refractivity contribution in [2.75, 3.05) is 26.4 Å². The summed E-state index contributed by atoms with van der Waals surface area (Å²) in [6.45, 7) is 3.28. The summed E-state index contributed by atoms with van der Waals surface area (Å²) in [6.07, 6.45) is 61.9. The zero-order valence-electron chi connectivity index (χ0n) is 35.9. The molecule has 59 heavy (non-hydrogen) atoms. The van der Waals surface area contributed by atoms with E-state index in [0.717, 1.165) is 77.0 Å². The van der Waals surface area contributed by atoms with Crippen molar-refractivity contribution in [3.63, 3.8) is 0 Å². The molecule has 0 aliphatic carbocycles. The third-order valence-electron chi connectivity index (χ3n) is 7.75. The van der Waals surface area contributed by atoms with E-state index in [2.05, 4.69) is 135 Å². The molecule has 0 aromatic heterocycles. The number of rotatable bonds is 37. The van der Waals surface area contributed by atoms with Crippen LogP contribution < -0.4 is 5.73 Å². The fraction of sp³-hybridized carbons (Fsp3) is 0.469. The first-order chi connectivity index (χ1) is 28.8. The van der Waals surface area contributed by atoms with Gasteiger partial charge in [-0.25, -0.2) is 4.57 Å². The Morgan fingerprint density at radius 2 is 0.814 bits per heavy atom. The summed E-state index contributed by atoms with van der Waals surface area (Å²) in [5, 5.41) is 0. The molecule has 0 radical (unpaired) electrons.